The van der Waals surface area contributed by atoms with Crippen LogP contribution < -0.4 is 14.8 Å². The number of fused-ring (bicyclic) bond motifs is 1. The number of hydrogen-bond acceptors (Lipinski definition) is 7. The number of nitrogens with one attached hydrogen (secondary N) is 1. The van der Waals surface area contributed by atoms with Crippen LogP contribution in [0, 0.1) is 5.92 Å². The molecule has 0 saturated heterocycles. The van der Waals surface area contributed by atoms with E-state index in [2.05, 4.69) is 20.3 Å². The molecule has 1 aliphatic rings. The average molecular weight is 412 g/mol. The first kappa shape index (κ1) is 21.5. The first-order chi connectivity index (χ1) is 14.3. The zero-order valence-electron chi connectivity index (χ0n) is 18.3. The fraction of sp³-hybridized carbons (Fsp3) is 0.429. The lowest BCUT2D eigenvalue weighted by atomic mass is 10.2. The Bertz CT molecular complexity index is 1020. The van der Waals surface area contributed by atoms with E-state index in [9.17, 15) is 4.79 Å². The second kappa shape index (κ2) is 9.08. The lowest BCUT2D eigenvalue weighted by Crippen LogP contribution is -2.14. The molecule has 0 atom stereocenters. The van der Waals surface area contributed by atoms with Crippen LogP contribution in [0.15, 0.2) is 24.7 Å². The highest BCUT2D eigenvalue weighted by atomic mass is 16.5. The van der Waals surface area contributed by atoms with Crippen molar-refractivity contribution in [3.05, 3.63) is 24.7 Å². The molecule has 0 bridgehead atoms. The summed E-state index contributed by atoms with van der Waals surface area (Å²) in [6.45, 7) is 0. The summed E-state index contributed by atoms with van der Waals surface area (Å²) < 4.78 is 12.7. The molecule has 4 rings (SSSR count). The van der Waals surface area contributed by atoms with Crippen molar-refractivity contribution in [1.82, 2.24) is 24.4 Å². The third kappa shape index (κ3) is 4.68. The van der Waals surface area contributed by atoms with Gasteiger partial charge >= 0.3 is 0 Å². The summed E-state index contributed by atoms with van der Waals surface area (Å²) in [6.07, 6.45) is 5.05. The van der Waals surface area contributed by atoms with Crippen LogP contribution in [0.2, 0.25) is 0 Å². The van der Waals surface area contributed by atoms with E-state index in [1.54, 1.807) is 20.4 Å². The van der Waals surface area contributed by atoms with Crippen molar-refractivity contribution in [2.45, 2.75) is 12.8 Å². The number of pyridine rings is 1. The molecule has 3 aromatic heterocycles. The van der Waals surface area contributed by atoms with Crippen LogP contribution in [0.1, 0.15) is 12.8 Å². The van der Waals surface area contributed by atoms with Crippen LogP contribution >= 0.6 is 0 Å². The third-order valence-electron chi connectivity index (χ3n) is 4.55. The van der Waals surface area contributed by atoms with Gasteiger partial charge in [-0.2, -0.15) is 0 Å². The highest BCUT2D eigenvalue weighted by molar-refractivity contribution is 5.96. The third-order valence-corrected chi connectivity index (χ3v) is 4.55. The molecular weight excluding hydrogens is 384 g/mol. The van der Waals surface area contributed by atoms with E-state index < -0.39 is 0 Å². The molecule has 1 aliphatic carbocycles. The molecule has 9 heteroatoms. The fourth-order valence-electron chi connectivity index (χ4n) is 3.00. The second-order valence-electron chi connectivity index (χ2n) is 7.59. The summed E-state index contributed by atoms with van der Waals surface area (Å²) >= 11 is 0. The van der Waals surface area contributed by atoms with Crippen LogP contribution in [-0.4, -0.2) is 65.7 Å². The Kier molecular flexibility index (Phi) is 6.51. The smallest absolute Gasteiger partial charge is 0.229 e. The van der Waals surface area contributed by atoms with Gasteiger partial charge in [-0.25, -0.2) is 15.0 Å². The van der Waals surface area contributed by atoms with Crippen LogP contribution in [0.4, 0.5) is 5.82 Å². The maximum atomic E-state index is 12.0. The van der Waals surface area contributed by atoms with Crippen molar-refractivity contribution in [1.29, 1.82) is 0 Å². The van der Waals surface area contributed by atoms with Crippen molar-refractivity contribution in [3.8, 4) is 23.0 Å². The monoisotopic (exact) mass is 412 g/mol. The van der Waals surface area contributed by atoms with E-state index in [0.29, 0.717) is 23.1 Å². The van der Waals surface area contributed by atoms with Gasteiger partial charge in [0.15, 0.2) is 0 Å². The maximum Gasteiger partial charge on any atom is 0.229 e. The lowest BCUT2D eigenvalue weighted by molar-refractivity contribution is -0.117. The highest BCUT2D eigenvalue weighted by Crippen LogP contribution is 2.38. The first-order valence-corrected chi connectivity index (χ1v) is 9.66. The van der Waals surface area contributed by atoms with Gasteiger partial charge in [-0.3, -0.25) is 4.79 Å². The van der Waals surface area contributed by atoms with Gasteiger partial charge in [0.05, 0.1) is 31.6 Å². The second-order valence-corrected chi connectivity index (χ2v) is 7.59. The average Bonchev–Trinajstić information content (AvgIpc) is 3.52. The first-order valence-electron chi connectivity index (χ1n) is 9.66. The molecule has 0 aromatic carbocycles. The molecular formula is C21H28N6O3. The Morgan fingerprint density at radius 2 is 1.70 bits per heavy atom. The molecule has 9 nitrogen and oxygen atoms in total. The number of aryl methyl sites for hydroxylation is 1. The number of methoxy groups -OCH3 is 2. The number of rotatable bonds is 5. The maximum absolute atomic E-state index is 12.0. The quantitative estimate of drug-likeness (QED) is 0.688. The van der Waals surface area contributed by atoms with Gasteiger partial charge in [0.2, 0.25) is 17.7 Å². The Morgan fingerprint density at radius 1 is 1.10 bits per heavy atom. The normalized spacial score (nSPS) is 13.0. The van der Waals surface area contributed by atoms with Gasteiger partial charge in [0.1, 0.15) is 17.7 Å². The fourth-order valence-corrected chi connectivity index (χ4v) is 3.00. The number of nitrogens with zero attached hydrogens (tertiary/aromatic N) is 5. The molecule has 3 aromatic rings. The molecule has 0 radical (unpaired) electrons. The van der Waals surface area contributed by atoms with Gasteiger partial charge in [0.25, 0.3) is 0 Å². The number of ether oxygens (including phenoxy) is 2. The number of carbonyl (C=O) groups excluding carboxylic acids is 1. The van der Waals surface area contributed by atoms with Crippen molar-refractivity contribution in [2.75, 3.05) is 40.7 Å². The van der Waals surface area contributed by atoms with Gasteiger partial charge in [-0.05, 0) is 46.1 Å². The Morgan fingerprint density at radius 3 is 2.23 bits per heavy atom. The summed E-state index contributed by atoms with van der Waals surface area (Å²) in [5.74, 6) is 1.58. The van der Waals surface area contributed by atoms with E-state index in [0.717, 1.165) is 29.4 Å². The van der Waals surface area contributed by atoms with E-state index in [1.165, 1.54) is 6.33 Å². The summed E-state index contributed by atoms with van der Waals surface area (Å²) in [5.41, 5.74) is 2.42. The number of amides is 1. The highest BCUT2D eigenvalue weighted by Gasteiger charge is 2.30. The SMILES string of the molecule is CN(C)C.COc1ncnc(OC)c1-c1cc2cc(NC(=O)C3CC3)ncc2n1C. The van der Waals surface area contributed by atoms with Crippen molar-refractivity contribution >= 4 is 22.6 Å². The topological polar surface area (TPSA) is 94.4 Å². The van der Waals surface area contributed by atoms with Gasteiger partial charge in [-0.15, -0.1) is 0 Å². The molecule has 3 heterocycles. The Balaban J connectivity index is 0.000000589. The lowest BCUT2D eigenvalue weighted by Gasteiger charge is -2.11. The molecule has 1 N–H and O–H groups in total. The molecule has 0 unspecified atom stereocenters. The van der Waals surface area contributed by atoms with E-state index in [1.807, 2.05) is 49.8 Å². The molecule has 1 amide bonds. The molecule has 0 aliphatic heterocycles. The van der Waals surface area contributed by atoms with E-state index in [-0.39, 0.29) is 11.8 Å². The molecule has 160 valence electrons. The number of aromatic nitrogens is 4. The minimum Gasteiger partial charge on any atom is -0.480 e. The van der Waals surface area contributed by atoms with Crippen LogP contribution in [-0.2, 0) is 11.8 Å². The summed E-state index contributed by atoms with van der Waals surface area (Å²) in [5, 5.41) is 3.82. The number of hydrogen-bond donors (Lipinski definition) is 1. The summed E-state index contributed by atoms with van der Waals surface area (Å²) in [4.78, 5) is 26.7. The largest absolute Gasteiger partial charge is 0.480 e. The van der Waals surface area contributed by atoms with Crippen LogP contribution in [0.3, 0.4) is 0 Å². The predicted molar refractivity (Wildman–Crippen MR) is 116 cm³/mol. The predicted octanol–water partition coefficient (Wildman–Crippen LogP) is 2.57. The van der Waals surface area contributed by atoms with E-state index in [4.69, 9.17) is 9.47 Å². The molecule has 30 heavy (non-hydrogen) atoms. The van der Waals surface area contributed by atoms with Crippen molar-refractivity contribution in [3.63, 3.8) is 0 Å². The standard InChI is InChI=1S/C18H19N5O3.C3H9N/c1-23-12(15-17(25-2)20-9-21-18(15)26-3)6-11-7-14(19-8-13(11)23)22-16(24)10-4-5-10;1-4(2)3/h6-10H,4-5H2,1-3H3,(H,19,22,24);1-3H3. The summed E-state index contributed by atoms with van der Waals surface area (Å²) in [7, 11) is 11.0. The Labute approximate surface area is 176 Å². The summed E-state index contributed by atoms with van der Waals surface area (Å²) in [6, 6.07) is 3.84. The van der Waals surface area contributed by atoms with Gasteiger partial charge in [0, 0.05) is 18.4 Å². The van der Waals surface area contributed by atoms with E-state index >= 15 is 0 Å². The number of anilines is 1. The van der Waals surface area contributed by atoms with Crippen molar-refractivity contribution < 1.29 is 14.3 Å². The number of carbonyl (C=O) groups is 1. The zero-order valence-corrected chi connectivity index (χ0v) is 18.3. The minimum atomic E-state index is 0.0350. The van der Waals surface area contributed by atoms with Crippen molar-refractivity contribution in [2.24, 2.45) is 13.0 Å². The minimum absolute atomic E-state index is 0.0350. The molecule has 1 saturated carbocycles. The van der Waals surface area contributed by atoms with Gasteiger partial charge in [-0.1, -0.05) is 0 Å². The molecule has 0 spiro atoms. The Hall–Kier alpha value is -3.20. The van der Waals surface area contributed by atoms with Crippen LogP contribution in [0.25, 0.3) is 22.2 Å². The van der Waals surface area contributed by atoms with Crippen LogP contribution in [0.5, 0.6) is 11.8 Å². The zero-order chi connectivity index (χ0) is 21.8. The molecule has 1 fully saturated rings. The van der Waals surface area contributed by atoms with Gasteiger partial charge < -0.3 is 24.3 Å².